The van der Waals surface area contributed by atoms with E-state index < -0.39 is 0 Å². The molecule has 15 heavy (non-hydrogen) atoms. The number of ketones is 1. The summed E-state index contributed by atoms with van der Waals surface area (Å²) in [5.74, 6) is 0.169. The normalized spacial score (nSPS) is 9.33. The van der Waals surface area contributed by atoms with Crippen molar-refractivity contribution in [1.82, 2.24) is 0 Å². The highest BCUT2D eigenvalue weighted by molar-refractivity contribution is 5.89. The number of rotatable bonds is 4. The molecule has 0 aliphatic rings. The third-order valence-electron chi connectivity index (χ3n) is 2.20. The molecule has 0 aliphatic carbocycles. The largest absolute Gasteiger partial charge is 0.299 e. The van der Waals surface area contributed by atoms with E-state index in [1.54, 1.807) is 18.2 Å². The molecular formula is C13H13NO. The topological polar surface area (TPSA) is 40.9 Å². The van der Waals surface area contributed by atoms with Crippen LogP contribution in [0.2, 0.25) is 0 Å². The summed E-state index contributed by atoms with van der Waals surface area (Å²) in [6.45, 7) is 5.69. The van der Waals surface area contributed by atoms with Gasteiger partial charge in [-0.3, -0.25) is 4.79 Å². The standard InChI is InChI=1S/C13H13NO/c1-3-13(15)7-10(2)12-6-4-5-11(8-12)9-14/h4-6,8H,2-3,7H2,1H3. The molecule has 0 amide bonds. The average molecular weight is 199 g/mol. The van der Waals surface area contributed by atoms with E-state index in [-0.39, 0.29) is 5.78 Å². The highest BCUT2D eigenvalue weighted by atomic mass is 16.1. The summed E-state index contributed by atoms with van der Waals surface area (Å²) < 4.78 is 0. The fraction of sp³-hybridized carbons (Fsp3) is 0.231. The highest BCUT2D eigenvalue weighted by Gasteiger charge is 2.04. The molecular weight excluding hydrogens is 186 g/mol. The van der Waals surface area contributed by atoms with E-state index >= 15 is 0 Å². The van der Waals surface area contributed by atoms with Crippen molar-refractivity contribution in [2.24, 2.45) is 0 Å². The maximum atomic E-state index is 11.2. The molecule has 76 valence electrons. The Hall–Kier alpha value is -1.88. The van der Waals surface area contributed by atoms with E-state index in [2.05, 4.69) is 12.6 Å². The summed E-state index contributed by atoms with van der Waals surface area (Å²) in [7, 11) is 0. The predicted molar refractivity (Wildman–Crippen MR) is 60.1 cm³/mol. The first-order chi connectivity index (χ1) is 7.17. The van der Waals surface area contributed by atoms with Crippen molar-refractivity contribution < 1.29 is 4.79 Å². The van der Waals surface area contributed by atoms with Gasteiger partial charge in [0.05, 0.1) is 11.6 Å². The van der Waals surface area contributed by atoms with Gasteiger partial charge in [-0.2, -0.15) is 5.26 Å². The van der Waals surface area contributed by atoms with Gasteiger partial charge in [-0.15, -0.1) is 0 Å². The fourth-order valence-corrected chi connectivity index (χ4v) is 1.27. The Bertz CT molecular complexity index is 426. The van der Waals surface area contributed by atoms with Crippen LogP contribution in [-0.4, -0.2) is 5.78 Å². The lowest BCUT2D eigenvalue weighted by molar-refractivity contribution is -0.117. The van der Waals surface area contributed by atoms with Crippen LogP contribution >= 0.6 is 0 Å². The predicted octanol–water partition coefficient (Wildman–Crippen LogP) is 2.94. The summed E-state index contributed by atoms with van der Waals surface area (Å²) in [4.78, 5) is 11.2. The summed E-state index contributed by atoms with van der Waals surface area (Å²) in [5.41, 5.74) is 2.24. The van der Waals surface area contributed by atoms with Crippen LogP contribution in [0.15, 0.2) is 30.8 Å². The van der Waals surface area contributed by atoms with Crippen molar-refractivity contribution >= 4 is 11.4 Å². The van der Waals surface area contributed by atoms with Crippen molar-refractivity contribution in [3.63, 3.8) is 0 Å². The molecule has 0 N–H and O–H groups in total. The maximum absolute atomic E-state index is 11.2. The van der Waals surface area contributed by atoms with Crippen molar-refractivity contribution in [1.29, 1.82) is 5.26 Å². The van der Waals surface area contributed by atoms with Crippen molar-refractivity contribution in [2.75, 3.05) is 0 Å². The van der Waals surface area contributed by atoms with Crippen LogP contribution in [0.5, 0.6) is 0 Å². The van der Waals surface area contributed by atoms with Crippen LogP contribution in [0, 0.1) is 11.3 Å². The van der Waals surface area contributed by atoms with E-state index in [1.807, 2.05) is 13.0 Å². The smallest absolute Gasteiger partial charge is 0.136 e. The molecule has 0 unspecified atom stereocenters. The molecule has 0 fully saturated rings. The molecule has 0 saturated heterocycles. The van der Waals surface area contributed by atoms with Crippen LogP contribution in [-0.2, 0) is 4.79 Å². The molecule has 0 spiro atoms. The highest BCUT2D eigenvalue weighted by Crippen LogP contribution is 2.18. The van der Waals surface area contributed by atoms with Gasteiger partial charge in [0.1, 0.15) is 5.78 Å². The van der Waals surface area contributed by atoms with Crippen LogP contribution in [0.3, 0.4) is 0 Å². The van der Waals surface area contributed by atoms with Gasteiger partial charge in [-0.25, -0.2) is 0 Å². The molecule has 2 nitrogen and oxygen atoms in total. The molecule has 1 rings (SSSR count). The number of carbonyl (C=O) groups excluding carboxylic acids is 1. The number of benzene rings is 1. The molecule has 0 aromatic heterocycles. The molecule has 0 atom stereocenters. The van der Waals surface area contributed by atoms with E-state index in [9.17, 15) is 4.79 Å². The quantitative estimate of drug-likeness (QED) is 0.748. The number of nitrogens with zero attached hydrogens (tertiary/aromatic N) is 1. The maximum Gasteiger partial charge on any atom is 0.136 e. The number of carbonyl (C=O) groups is 1. The lowest BCUT2D eigenvalue weighted by Gasteiger charge is -2.04. The Balaban J connectivity index is 2.83. The number of hydrogen-bond acceptors (Lipinski definition) is 2. The zero-order chi connectivity index (χ0) is 11.3. The van der Waals surface area contributed by atoms with E-state index in [0.29, 0.717) is 18.4 Å². The van der Waals surface area contributed by atoms with Crippen molar-refractivity contribution in [2.45, 2.75) is 19.8 Å². The number of hydrogen-bond donors (Lipinski definition) is 0. The van der Waals surface area contributed by atoms with Gasteiger partial charge in [-0.1, -0.05) is 25.6 Å². The minimum atomic E-state index is 0.169. The monoisotopic (exact) mass is 199 g/mol. The number of allylic oxidation sites excluding steroid dienone is 1. The molecule has 0 heterocycles. The summed E-state index contributed by atoms with van der Waals surface area (Å²) >= 11 is 0. The third-order valence-corrected chi connectivity index (χ3v) is 2.20. The molecule has 1 aromatic carbocycles. The first kappa shape index (κ1) is 11.2. The van der Waals surface area contributed by atoms with Crippen LogP contribution in [0.25, 0.3) is 5.57 Å². The van der Waals surface area contributed by atoms with Crippen LogP contribution in [0.1, 0.15) is 30.9 Å². The van der Waals surface area contributed by atoms with E-state index in [0.717, 1.165) is 11.1 Å². The number of nitriles is 1. The molecule has 1 aromatic rings. The molecule has 0 aliphatic heterocycles. The molecule has 2 heteroatoms. The first-order valence-corrected chi connectivity index (χ1v) is 4.87. The Morgan fingerprint density at radius 3 is 2.87 bits per heavy atom. The van der Waals surface area contributed by atoms with Gasteiger partial charge in [0.15, 0.2) is 0 Å². The SMILES string of the molecule is C=C(CC(=O)CC)c1cccc(C#N)c1. The van der Waals surface area contributed by atoms with E-state index in [1.165, 1.54) is 0 Å². The van der Waals surface area contributed by atoms with Gasteiger partial charge in [0.25, 0.3) is 0 Å². The van der Waals surface area contributed by atoms with Gasteiger partial charge in [-0.05, 0) is 23.3 Å². The lowest BCUT2D eigenvalue weighted by atomic mass is 10.00. The number of Topliss-reactive ketones (excluding diaryl/α,β-unsaturated/α-hetero) is 1. The first-order valence-electron chi connectivity index (χ1n) is 4.87. The summed E-state index contributed by atoms with van der Waals surface area (Å²) in [5, 5.41) is 8.73. The molecule has 0 bridgehead atoms. The minimum absolute atomic E-state index is 0.169. The van der Waals surface area contributed by atoms with Gasteiger partial charge >= 0.3 is 0 Å². The zero-order valence-electron chi connectivity index (χ0n) is 8.79. The molecule has 0 saturated carbocycles. The summed E-state index contributed by atoms with van der Waals surface area (Å²) in [6, 6.07) is 9.22. The van der Waals surface area contributed by atoms with Crippen LogP contribution < -0.4 is 0 Å². The second-order valence-corrected chi connectivity index (χ2v) is 3.37. The van der Waals surface area contributed by atoms with Gasteiger partial charge in [0, 0.05) is 12.8 Å². The Morgan fingerprint density at radius 1 is 1.53 bits per heavy atom. The average Bonchev–Trinajstić information content (AvgIpc) is 2.28. The zero-order valence-corrected chi connectivity index (χ0v) is 8.79. The van der Waals surface area contributed by atoms with Crippen molar-refractivity contribution in [3.05, 3.63) is 42.0 Å². The van der Waals surface area contributed by atoms with Crippen LogP contribution in [0.4, 0.5) is 0 Å². The second-order valence-electron chi connectivity index (χ2n) is 3.37. The second kappa shape index (κ2) is 5.11. The van der Waals surface area contributed by atoms with Gasteiger partial charge in [0.2, 0.25) is 0 Å². The Labute approximate surface area is 89.9 Å². The summed E-state index contributed by atoms with van der Waals surface area (Å²) in [6.07, 6.45) is 0.891. The third kappa shape index (κ3) is 3.07. The van der Waals surface area contributed by atoms with Gasteiger partial charge < -0.3 is 0 Å². The Kier molecular flexibility index (Phi) is 3.82. The minimum Gasteiger partial charge on any atom is -0.299 e. The lowest BCUT2D eigenvalue weighted by Crippen LogP contribution is -1.96. The van der Waals surface area contributed by atoms with E-state index in [4.69, 9.17) is 5.26 Å². The molecule has 0 radical (unpaired) electrons. The van der Waals surface area contributed by atoms with Crippen molar-refractivity contribution in [3.8, 4) is 6.07 Å². The fourth-order valence-electron chi connectivity index (χ4n) is 1.27. The Morgan fingerprint density at radius 2 is 2.27 bits per heavy atom.